The van der Waals surface area contributed by atoms with E-state index in [1.54, 1.807) is 0 Å². The molecule has 0 aromatic heterocycles. The van der Waals surface area contributed by atoms with Gasteiger partial charge in [0.2, 0.25) is 5.91 Å². The lowest BCUT2D eigenvalue weighted by Crippen LogP contribution is -2.32. The minimum atomic E-state index is -1.10. The van der Waals surface area contributed by atoms with Crippen LogP contribution in [0.2, 0.25) is 0 Å². The summed E-state index contributed by atoms with van der Waals surface area (Å²) in [7, 11) is 0. The van der Waals surface area contributed by atoms with E-state index in [1.165, 1.54) is 0 Å². The van der Waals surface area contributed by atoms with Gasteiger partial charge in [0.15, 0.2) is 6.10 Å². The molecule has 1 fully saturated rings. The van der Waals surface area contributed by atoms with Crippen molar-refractivity contribution in [3.8, 4) is 0 Å². The summed E-state index contributed by atoms with van der Waals surface area (Å²) in [6, 6.07) is 0. The quantitative estimate of drug-likeness (QED) is 0.420. The fourth-order valence-corrected chi connectivity index (χ4v) is 0.421. The summed E-state index contributed by atoms with van der Waals surface area (Å²) in [5.74, 6) is -0.715. The number of rotatable bonds is 2. The maximum Gasteiger partial charge on any atom is 0.249 e. The van der Waals surface area contributed by atoms with E-state index in [-0.39, 0.29) is 6.10 Å². The van der Waals surface area contributed by atoms with Crippen LogP contribution >= 0.6 is 0 Å². The van der Waals surface area contributed by atoms with Crippen LogP contribution in [0.25, 0.3) is 0 Å². The standard InChI is InChI=1S/C4H7NO3/c5-4(7)3(6)2-1-8-2/h2-3,6H,1H2,(H2,5,7)/t2-,3-/m1/s1. The molecule has 3 N–H and O–H groups in total. The van der Waals surface area contributed by atoms with Gasteiger partial charge in [0.05, 0.1) is 6.61 Å². The summed E-state index contributed by atoms with van der Waals surface area (Å²) in [5.41, 5.74) is 4.71. The molecule has 2 atom stereocenters. The van der Waals surface area contributed by atoms with Crippen molar-refractivity contribution in [3.05, 3.63) is 0 Å². The highest BCUT2D eigenvalue weighted by Crippen LogP contribution is 2.12. The Labute approximate surface area is 46.2 Å². The number of amides is 1. The minimum absolute atomic E-state index is 0.326. The van der Waals surface area contributed by atoms with Crippen LogP contribution in [0.4, 0.5) is 0 Å². The fraction of sp³-hybridized carbons (Fsp3) is 0.750. The summed E-state index contributed by atoms with van der Waals surface area (Å²) < 4.78 is 4.58. The number of aliphatic hydroxyl groups is 1. The molecule has 8 heavy (non-hydrogen) atoms. The smallest absolute Gasteiger partial charge is 0.249 e. The monoisotopic (exact) mass is 117 g/mol. The maximum atomic E-state index is 10.1. The van der Waals surface area contributed by atoms with Crippen molar-refractivity contribution in [2.24, 2.45) is 5.73 Å². The first-order valence-corrected chi connectivity index (χ1v) is 2.31. The fourth-order valence-electron chi connectivity index (χ4n) is 0.421. The number of carbonyl (C=O) groups is 1. The molecule has 0 spiro atoms. The third-order valence-corrected chi connectivity index (χ3v) is 1.00. The van der Waals surface area contributed by atoms with Crippen LogP contribution < -0.4 is 5.73 Å². The first-order valence-electron chi connectivity index (χ1n) is 2.31. The van der Waals surface area contributed by atoms with E-state index >= 15 is 0 Å². The highest BCUT2D eigenvalue weighted by molar-refractivity contribution is 5.79. The van der Waals surface area contributed by atoms with Crippen molar-refractivity contribution in [1.29, 1.82) is 0 Å². The molecule has 0 aromatic carbocycles. The number of primary amides is 1. The van der Waals surface area contributed by atoms with Crippen LogP contribution in [0.3, 0.4) is 0 Å². The van der Waals surface area contributed by atoms with E-state index in [9.17, 15) is 4.79 Å². The molecule has 1 rings (SSSR count). The molecular weight excluding hydrogens is 110 g/mol. The van der Waals surface area contributed by atoms with E-state index in [2.05, 4.69) is 4.74 Å². The molecule has 0 radical (unpaired) electrons. The molecule has 4 heteroatoms. The molecule has 0 aliphatic carbocycles. The summed E-state index contributed by atoms with van der Waals surface area (Å²) in [6.45, 7) is 0.449. The number of aliphatic hydroxyl groups excluding tert-OH is 1. The van der Waals surface area contributed by atoms with Gasteiger partial charge in [0, 0.05) is 0 Å². The first kappa shape index (κ1) is 5.53. The zero-order valence-electron chi connectivity index (χ0n) is 4.20. The van der Waals surface area contributed by atoms with Gasteiger partial charge in [-0.3, -0.25) is 4.79 Å². The van der Waals surface area contributed by atoms with Crippen LogP contribution in [-0.2, 0) is 9.53 Å². The van der Waals surface area contributed by atoms with Gasteiger partial charge < -0.3 is 15.6 Å². The molecule has 1 amide bonds. The number of nitrogens with two attached hydrogens (primary N) is 1. The van der Waals surface area contributed by atoms with E-state index < -0.39 is 12.0 Å². The molecule has 1 aliphatic rings. The Balaban J connectivity index is 2.32. The highest BCUT2D eigenvalue weighted by atomic mass is 16.6. The zero-order chi connectivity index (χ0) is 6.15. The van der Waals surface area contributed by atoms with Gasteiger partial charge in [-0.05, 0) is 0 Å². The van der Waals surface area contributed by atoms with Crippen LogP contribution in [0.15, 0.2) is 0 Å². The van der Waals surface area contributed by atoms with Gasteiger partial charge in [-0.2, -0.15) is 0 Å². The summed E-state index contributed by atoms with van der Waals surface area (Å²) in [6.07, 6.45) is -1.43. The van der Waals surface area contributed by atoms with Crippen molar-refractivity contribution in [1.82, 2.24) is 0 Å². The topological polar surface area (TPSA) is 75.9 Å². The van der Waals surface area contributed by atoms with Crippen molar-refractivity contribution in [2.45, 2.75) is 12.2 Å². The molecule has 0 aromatic rings. The number of epoxide rings is 1. The predicted molar refractivity (Wildman–Crippen MR) is 24.9 cm³/mol. The van der Waals surface area contributed by atoms with Crippen molar-refractivity contribution in [2.75, 3.05) is 6.61 Å². The lowest BCUT2D eigenvalue weighted by atomic mass is 10.3. The third kappa shape index (κ3) is 0.962. The number of ether oxygens (including phenoxy) is 1. The summed E-state index contributed by atoms with van der Waals surface area (Å²) in [5, 5.41) is 8.67. The largest absolute Gasteiger partial charge is 0.380 e. The summed E-state index contributed by atoms with van der Waals surface area (Å²) >= 11 is 0. The molecule has 0 saturated carbocycles. The SMILES string of the molecule is NC(=O)[C@H](O)[C@H]1CO1. The van der Waals surface area contributed by atoms with E-state index in [4.69, 9.17) is 10.8 Å². The van der Waals surface area contributed by atoms with Gasteiger partial charge in [0.25, 0.3) is 0 Å². The number of carbonyl (C=O) groups excluding carboxylic acids is 1. The van der Waals surface area contributed by atoms with E-state index in [1.807, 2.05) is 0 Å². The molecular formula is C4H7NO3. The number of hydrogen-bond donors (Lipinski definition) is 2. The van der Waals surface area contributed by atoms with Crippen molar-refractivity contribution >= 4 is 5.91 Å². The van der Waals surface area contributed by atoms with Gasteiger partial charge in [-0.15, -0.1) is 0 Å². The Morgan fingerprint density at radius 1 is 2.00 bits per heavy atom. The average Bonchev–Trinajstić information content (AvgIpc) is 2.43. The molecule has 1 heterocycles. The molecule has 4 nitrogen and oxygen atoms in total. The predicted octanol–water partition coefficient (Wildman–Crippen LogP) is -1.77. The molecule has 1 saturated heterocycles. The van der Waals surface area contributed by atoms with Crippen LogP contribution in [0.5, 0.6) is 0 Å². The Kier molecular flexibility index (Phi) is 1.19. The van der Waals surface area contributed by atoms with Crippen molar-refractivity contribution in [3.63, 3.8) is 0 Å². The van der Waals surface area contributed by atoms with Gasteiger partial charge in [-0.25, -0.2) is 0 Å². The Bertz CT molecular complexity index is 110. The van der Waals surface area contributed by atoms with Gasteiger partial charge >= 0.3 is 0 Å². The lowest BCUT2D eigenvalue weighted by Gasteiger charge is -1.97. The van der Waals surface area contributed by atoms with Crippen LogP contribution in [0, 0.1) is 0 Å². The van der Waals surface area contributed by atoms with Gasteiger partial charge in [0.1, 0.15) is 6.10 Å². The van der Waals surface area contributed by atoms with Crippen molar-refractivity contribution < 1.29 is 14.6 Å². The zero-order valence-corrected chi connectivity index (χ0v) is 4.20. The Hall–Kier alpha value is -0.610. The molecule has 0 unspecified atom stereocenters. The minimum Gasteiger partial charge on any atom is -0.380 e. The highest BCUT2D eigenvalue weighted by Gasteiger charge is 2.34. The van der Waals surface area contributed by atoms with Gasteiger partial charge in [-0.1, -0.05) is 0 Å². The Morgan fingerprint density at radius 3 is 2.62 bits per heavy atom. The average molecular weight is 117 g/mol. The number of hydrogen-bond acceptors (Lipinski definition) is 3. The van der Waals surface area contributed by atoms with Crippen LogP contribution in [0.1, 0.15) is 0 Å². The second-order valence-electron chi connectivity index (χ2n) is 1.72. The van der Waals surface area contributed by atoms with Crippen LogP contribution in [-0.4, -0.2) is 29.8 Å². The lowest BCUT2D eigenvalue weighted by molar-refractivity contribution is -0.126. The molecule has 1 aliphatic heterocycles. The third-order valence-electron chi connectivity index (χ3n) is 1.00. The second kappa shape index (κ2) is 1.72. The first-order chi connectivity index (χ1) is 3.72. The van der Waals surface area contributed by atoms with E-state index in [0.717, 1.165) is 0 Å². The van der Waals surface area contributed by atoms with E-state index in [0.29, 0.717) is 6.61 Å². The maximum absolute atomic E-state index is 10.1. The Morgan fingerprint density at radius 2 is 2.50 bits per heavy atom. The normalized spacial score (nSPS) is 29.4. The molecule has 0 bridgehead atoms. The second-order valence-corrected chi connectivity index (χ2v) is 1.72. The summed E-state index contributed by atoms with van der Waals surface area (Å²) in [4.78, 5) is 10.1. The molecule has 46 valence electrons.